The van der Waals surface area contributed by atoms with Crippen LogP contribution in [0, 0.1) is 19.8 Å². The number of halogens is 1. The van der Waals surface area contributed by atoms with Crippen molar-refractivity contribution in [1.82, 2.24) is 9.88 Å². The average Bonchev–Trinajstić information content (AvgIpc) is 2.97. The lowest BCUT2D eigenvalue weighted by molar-refractivity contribution is 0.0948. The van der Waals surface area contributed by atoms with Gasteiger partial charge in [-0.05, 0) is 61.2 Å². The van der Waals surface area contributed by atoms with Gasteiger partial charge in [-0.3, -0.25) is 4.79 Å². The molecule has 3 rings (SSSR count). The number of aryl methyl sites for hydroxylation is 1. The van der Waals surface area contributed by atoms with Crippen molar-refractivity contribution in [2.24, 2.45) is 5.92 Å². The van der Waals surface area contributed by atoms with E-state index in [1.807, 2.05) is 43.3 Å². The predicted octanol–water partition coefficient (Wildman–Crippen LogP) is 5.80. The highest BCUT2D eigenvalue weighted by Crippen LogP contribution is 2.30. The van der Waals surface area contributed by atoms with Gasteiger partial charge in [-0.2, -0.15) is 0 Å². The Kier molecular flexibility index (Phi) is 5.71. The summed E-state index contributed by atoms with van der Waals surface area (Å²) in [7, 11) is 0. The van der Waals surface area contributed by atoms with Crippen molar-refractivity contribution in [3.05, 3.63) is 76.4 Å². The van der Waals surface area contributed by atoms with E-state index in [0.29, 0.717) is 23.0 Å². The number of benzene rings is 2. The molecule has 0 unspecified atom stereocenters. The predicted molar refractivity (Wildman–Crippen MR) is 113 cm³/mol. The second-order valence-corrected chi connectivity index (χ2v) is 7.75. The Balaban J connectivity index is 2.14. The number of hydrogen-bond acceptors (Lipinski definition) is 1. The molecule has 0 aliphatic rings. The van der Waals surface area contributed by atoms with Gasteiger partial charge in [0.25, 0.3) is 5.91 Å². The Morgan fingerprint density at radius 3 is 2.41 bits per heavy atom. The number of rotatable bonds is 5. The number of nitrogens with one attached hydrogen (secondary N) is 1. The maximum atomic E-state index is 12.8. The fourth-order valence-corrected chi connectivity index (χ4v) is 3.29. The van der Waals surface area contributed by atoms with Gasteiger partial charge in [-0.25, -0.2) is 0 Å². The van der Waals surface area contributed by atoms with E-state index >= 15 is 0 Å². The third-order valence-electron chi connectivity index (χ3n) is 4.56. The molecule has 1 heterocycles. The minimum Gasteiger partial charge on any atom is -0.352 e. The molecular formula is C23H25ClN2O. The molecule has 27 heavy (non-hydrogen) atoms. The second-order valence-electron chi connectivity index (χ2n) is 7.31. The molecule has 0 saturated heterocycles. The second kappa shape index (κ2) is 8.01. The molecule has 3 nitrogen and oxygen atoms in total. The monoisotopic (exact) mass is 380 g/mol. The first-order chi connectivity index (χ1) is 12.9. The largest absolute Gasteiger partial charge is 0.352 e. The Morgan fingerprint density at radius 2 is 1.78 bits per heavy atom. The van der Waals surface area contributed by atoms with Gasteiger partial charge in [0, 0.05) is 22.9 Å². The topological polar surface area (TPSA) is 34.0 Å². The third kappa shape index (κ3) is 4.25. The van der Waals surface area contributed by atoms with E-state index in [4.69, 9.17) is 11.6 Å². The van der Waals surface area contributed by atoms with E-state index < -0.39 is 0 Å². The summed E-state index contributed by atoms with van der Waals surface area (Å²) in [6, 6.07) is 18.0. The quantitative estimate of drug-likeness (QED) is 0.596. The van der Waals surface area contributed by atoms with Crippen LogP contribution in [0.4, 0.5) is 0 Å². The molecule has 0 aliphatic carbocycles. The average molecular weight is 381 g/mol. The van der Waals surface area contributed by atoms with Crippen molar-refractivity contribution >= 4 is 17.5 Å². The fraction of sp³-hybridized carbons (Fsp3) is 0.261. The van der Waals surface area contributed by atoms with Crippen LogP contribution >= 0.6 is 11.6 Å². The van der Waals surface area contributed by atoms with Crippen molar-refractivity contribution in [2.45, 2.75) is 27.7 Å². The molecule has 1 aromatic heterocycles. The lowest BCUT2D eigenvalue weighted by atomic mass is 10.1. The number of hydrogen-bond donors (Lipinski definition) is 1. The number of nitrogens with zero attached hydrogens (tertiary/aromatic N) is 1. The van der Waals surface area contributed by atoms with Crippen molar-refractivity contribution in [1.29, 1.82) is 0 Å². The first-order valence-corrected chi connectivity index (χ1v) is 9.58. The summed E-state index contributed by atoms with van der Waals surface area (Å²) in [6.07, 6.45) is 0. The first-order valence-electron chi connectivity index (χ1n) is 9.20. The molecule has 4 heteroatoms. The summed E-state index contributed by atoms with van der Waals surface area (Å²) in [5.74, 6) is 0.367. The zero-order valence-corrected chi connectivity index (χ0v) is 17.0. The molecule has 0 aliphatic heterocycles. The summed E-state index contributed by atoms with van der Waals surface area (Å²) in [6.45, 7) is 8.89. The van der Waals surface area contributed by atoms with Crippen molar-refractivity contribution < 1.29 is 4.79 Å². The van der Waals surface area contributed by atoms with Crippen LogP contribution in [0.15, 0.2) is 54.6 Å². The van der Waals surface area contributed by atoms with Crippen LogP contribution in [-0.2, 0) is 0 Å². The third-order valence-corrected chi connectivity index (χ3v) is 4.81. The molecule has 1 amide bonds. The van der Waals surface area contributed by atoms with E-state index in [-0.39, 0.29) is 5.91 Å². The van der Waals surface area contributed by atoms with Crippen LogP contribution in [0.5, 0.6) is 0 Å². The summed E-state index contributed by atoms with van der Waals surface area (Å²) >= 11 is 6.06. The van der Waals surface area contributed by atoms with Crippen molar-refractivity contribution in [3.63, 3.8) is 0 Å². The normalized spacial score (nSPS) is 11.0. The summed E-state index contributed by atoms with van der Waals surface area (Å²) < 4.78 is 2.14. The van der Waals surface area contributed by atoms with Gasteiger partial charge >= 0.3 is 0 Å². The SMILES string of the molecule is Cc1cccc(-n2c(-c3ccc(Cl)cc3)cc(C(=O)NCC(C)C)c2C)c1. The lowest BCUT2D eigenvalue weighted by Crippen LogP contribution is -2.27. The van der Waals surface area contributed by atoms with E-state index in [1.54, 1.807) is 0 Å². The number of carbonyl (C=O) groups is 1. The maximum Gasteiger partial charge on any atom is 0.253 e. The molecule has 0 atom stereocenters. The molecule has 1 N–H and O–H groups in total. The van der Waals surface area contributed by atoms with Crippen LogP contribution in [0.3, 0.4) is 0 Å². The molecule has 0 fully saturated rings. The van der Waals surface area contributed by atoms with Gasteiger partial charge < -0.3 is 9.88 Å². The highest BCUT2D eigenvalue weighted by atomic mass is 35.5. The number of amides is 1. The van der Waals surface area contributed by atoms with Gasteiger partial charge in [-0.1, -0.05) is 49.7 Å². The van der Waals surface area contributed by atoms with Crippen LogP contribution in [0.2, 0.25) is 5.02 Å². The number of carbonyl (C=O) groups excluding carboxylic acids is 1. The molecule has 140 valence electrons. The minimum atomic E-state index is -0.0391. The molecular weight excluding hydrogens is 356 g/mol. The van der Waals surface area contributed by atoms with Gasteiger partial charge in [0.2, 0.25) is 0 Å². The Hall–Kier alpha value is -2.52. The standard InChI is InChI=1S/C23H25ClN2O/c1-15(2)14-25-23(27)21-13-22(18-8-10-19(24)11-9-18)26(17(21)4)20-7-5-6-16(3)12-20/h5-13,15H,14H2,1-4H3,(H,25,27). The Bertz CT molecular complexity index is 955. The Labute approximate surface area is 166 Å². The van der Waals surface area contributed by atoms with Crippen molar-refractivity contribution in [2.75, 3.05) is 6.54 Å². The smallest absolute Gasteiger partial charge is 0.253 e. The molecule has 0 radical (unpaired) electrons. The number of aromatic nitrogens is 1. The van der Waals surface area contributed by atoms with Gasteiger partial charge in [0.1, 0.15) is 0 Å². The highest BCUT2D eigenvalue weighted by Gasteiger charge is 2.19. The zero-order valence-electron chi connectivity index (χ0n) is 16.2. The van der Waals surface area contributed by atoms with Crippen LogP contribution in [-0.4, -0.2) is 17.0 Å². The molecule has 0 spiro atoms. The van der Waals surface area contributed by atoms with Gasteiger partial charge in [0.05, 0.1) is 11.3 Å². The van der Waals surface area contributed by atoms with Gasteiger partial charge in [-0.15, -0.1) is 0 Å². The lowest BCUT2D eigenvalue weighted by Gasteiger charge is -2.13. The van der Waals surface area contributed by atoms with E-state index in [9.17, 15) is 4.79 Å². The molecule has 2 aromatic carbocycles. The van der Waals surface area contributed by atoms with Gasteiger partial charge in [0.15, 0.2) is 0 Å². The zero-order chi connectivity index (χ0) is 19.6. The summed E-state index contributed by atoms with van der Waals surface area (Å²) in [5, 5.41) is 3.72. The maximum absolute atomic E-state index is 12.8. The van der Waals surface area contributed by atoms with Crippen LogP contribution < -0.4 is 5.32 Å². The summed E-state index contributed by atoms with van der Waals surface area (Å²) in [4.78, 5) is 12.8. The van der Waals surface area contributed by atoms with Crippen LogP contribution in [0.25, 0.3) is 16.9 Å². The molecule has 3 aromatic rings. The van der Waals surface area contributed by atoms with E-state index in [2.05, 4.69) is 48.9 Å². The minimum absolute atomic E-state index is 0.0391. The summed E-state index contributed by atoms with van der Waals surface area (Å²) in [5.41, 5.74) is 5.83. The first kappa shape index (κ1) is 19.2. The van der Waals surface area contributed by atoms with Crippen molar-refractivity contribution in [3.8, 4) is 16.9 Å². The highest BCUT2D eigenvalue weighted by molar-refractivity contribution is 6.30. The fourth-order valence-electron chi connectivity index (χ4n) is 3.16. The Morgan fingerprint density at radius 1 is 1.07 bits per heavy atom. The van der Waals surface area contributed by atoms with E-state index in [1.165, 1.54) is 5.56 Å². The molecule has 0 bridgehead atoms. The van der Waals surface area contributed by atoms with Crippen LogP contribution in [0.1, 0.15) is 35.5 Å². The van der Waals surface area contributed by atoms with E-state index in [0.717, 1.165) is 22.6 Å². The molecule has 0 saturated carbocycles.